The number of hydrogen-bond acceptors (Lipinski definition) is 5. The quantitative estimate of drug-likeness (QED) is 0.349. The molecule has 0 N–H and O–H groups in total. The second-order valence-electron chi connectivity index (χ2n) is 6.94. The third-order valence-corrected chi connectivity index (χ3v) is 4.64. The Morgan fingerprint density at radius 1 is 0.900 bits per heavy atom. The van der Waals surface area contributed by atoms with Crippen LogP contribution in [0.2, 0.25) is 0 Å². The average molecular weight is 400 g/mol. The zero-order chi connectivity index (χ0) is 20.4. The number of hydrogen-bond donors (Lipinski definition) is 0. The van der Waals surface area contributed by atoms with Gasteiger partial charge in [0.15, 0.2) is 0 Å². The summed E-state index contributed by atoms with van der Waals surface area (Å²) in [5, 5.41) is 8.23. The molecule has 0 saturated carbocycles. The summed E-state index contributed by atoms with van der Waals surface area (Å²) >= 11 is 0. The van der Waals surface area contributed by atoms with E-state index in [9.17, 15) is 0 Å². The fourth-order valence-corrected chi connectivity index (χ4v) is 3.05. The van der Waals surface area contributed by atoms with E-state index in [4.69, 9.17) is 9.15 Å². The van der Waals surface area contributed by atoms with Crippen LogP contribution in [-0.2, 0) is 19.6 Å². The van der Waals surface area contributed by atoms with E-state index in [1.165, 1.54) is 5.56 Å². The molecule has 0 fully saturated rings. The number of nitrogens with zero attached hydrogens (tertiary/aromatic N) is 4. The van der Waals surface area contributed by atoms with Crippen LogP contribution in [0.3, 0.4) is 0 Å². The molecule has 0 aliphatic rings. The molecule has 0 unspecified atom stereocenters. The van der Waals surface area contributed by atoms with Crippen LogP contribution < -0.4 is 4.74 Å². The van der Waals surface area contributed by atoms with E-state index in [-0.39, 0.29) is 0 Å². The summed E-state index contributed by atoms with van der Waals surface area (Å²) in [6, 6.07) is 18.3. The number of unbranched alkanes of at least 4 members (excludes halogenated alkanes) is 1. The van der Waals surface area contributed by atoms with Crippen LogP contribution >= 0.6 is 0 Å². The Hall–Kier alpha value is -3.67. The molecule has 152 valence electrons. The molecule has 0 amide bonds. The summed E-state index contributed by atoms with van der Waals surface area (Å²) < 4.78 is 11.3. The SMILES string of the molecule is C(=Cc1nc(COc2ccc(CCCCn3nccn3)cc2)co1)c1ccccc1. The van der Waals surface area contributed by atoms with Gasteiger partial charge < -0.3 is 9.15 Å². The number of aryl methyl sites for hydroxylation is 2. The third-order valence-electron chi connectivity index (χ3n) is 4.64. The van der Waals surface area contributed by atoms with Crippen LogP contribution in [0.15, 0.2) is 77.7 Å². The van der Waals surface area contributed by atoms with Crippen molar-refractivity contribution in [3.8, 4) is 5.75 Å². The van der Waals surface area contributed by atoms with Crippen molar-refractivity contribution in [1.82, 2.24) is 20.0 Å². The zero-order valence-corrected chi connectivity index (χ0v) is 16.7. The maximum Gasteiger partial charge on any atom is 0.218 e. The fourth-order valence-electron chi connectivity index (χ4n) is 3.05. The van der Waals surface area contributed by atoms with E-state index in [2.05, 4.69) is 27.3 Å². The molecule has 0 aliphatic carbocycles. The van der Waals surface area contributed by atoms with Crippen molar-refractivity contribution in [2.45, 2.75) is 32.4 Å². The van der Waals surface area contributed by atoms with E-state index < -0.39 is 0 Å². The lowest BCUT2D eigenvalue weighted by atomic mass is 10.1. The Labute approximate surface area is 175 Å². The molecule has 0 aliphatic heterocycles. The number of benzene rings is 2. The summed E-state index contributed by atoms with van der Waals surface area (Å²) in [5.74, 6) is 1.39. The molecule has 2 aromatic carbocycles. The molecule has 0 saturated heterocycles. The highest BCUT2D eigenvalue weighted by atomic mass is 16.5. The van der Waals surface area contributed by atoms with Crippen molar-refractivity contribution in [3.63, 3.8) is 0 Å². The van der Waals surface area contributed by atoms with Gasteiger partial charge in [-0.05, 0) is 48.6 Å². The second-order valence-corrected chi connectivity index (χ2v) is 6.94. The Bertz CT molecular complexity index is 1040. The monoisotopic (exact) mass is 400 g/mol. The van der Waals surface area contributed by atoms with Gasteiger partial charge in [-0.1, -0.05) is 42.5 Å². The van der Waals surface area contributed by atoms with Crippen LogP contribution in [-0.4, -0.2) is 20.0 Å². The van der Waals surface area contributed by atoms with E-state index >= 15 is 0 Å². The van der Waals surface area contributed by atoms with Gasteiger partial charge in [0.25, 0.3) is 0 Å². The lowest BCUT2D eigenvalue weighted by Crippen LogP contribution is -2.02. The highest BCUT2D eigenvalue weighted by molar-refractivity contribution is 5.65. The van der Waals surface area contributed by atoms with Crippen LogP contribution in [0.4, 0.5) is 0 Å². The van der Waals surface area contributed by atoms with Gasteiger partial charge in [0.2, 0.25) is 5.89 Å². The lowest BCUT2D eigenvalue weighted by molar-refractivity contribution is 0.301. The summed E-state index contributed by atoms with van der Waals surface area (Å²) in [4.78, 5) is 6.16. The smallest absolute Gasteiger partial charge is 0.218 e. The first-order valence-corrected chi connectivity index (χ1v) is 10.1. The average Bonchev–Trinajstić information content (AvgIpc) is 3.47. The Morgan fingerprint density at radius 2 is 1.70 bits per heavy atom. The predicted octanol–water partition coefficient (Wildman–Crippen LogP) is 5.04. The summed E-state index contributed by atoms with van der Waals surface area (Å²) in [6.07, 6.45) is 12.1. The topological polar surface area (TPSA) is 66.0 Å². The second kappa shape index (κ2) is 10.2. The van der Waals surface area contributed by atoms with Gasteiger partial charge in [-0.15, -0.1) is 0 Å². The van der Waals surface area contributed by atoms with Gasteiger partial charge in [0, 0.05) is 6.08 Å². The fraction of sp³-hybridized carbons (Fsp3) is 0.208. The minimum Gasteiger partial charge on any atom is -0.487 e. The molecule has 30 heavy (non-hydrogen) atoms. The minimum atomic E-state index is 0.374. The van der Waals surface area contributed by atoms with Crippen molar-refractivity contribution < 1.29 is 9.15 Å². The van der Waals surface area contributed by atoms with Crippen LogP contribution in [0.1, 0.15) is 35.6 Å². The molecule has 2 aromatic heterocycles. The number of aromatic nitrogens is 4. The summed E-state index contributed by atoms with van der Waals surface area (Å²) in [5.41, 5.74) is 3.16. The van der Waals surface area contributed by atoms with Gasteiger partial charge in [0.1, 0.15) is 24.3 Å². The molecule has 0 bridgehead atoms. The van der Waals surface area contributed by atoms with Crippen LogP contribution in [0.25, 0.3) is 12.2 Å². The number of ether oxygens (including phenoxy) is 1. The third kappa shape index (κ3) is 5.91. The molecule has 0 radical (unpaired) electrons. The number of rotatable bonds is 10. The summed E-state index contributed by atoms with van der Waals surface area (Å²) in [7, 11) is 0. The van der Waals surface area contributed by atoms with Crippen molar-refractivity contribution in [2.24, 2.45) is 0 Å². The van der Waals surface area contributed by atoms with Gasteiger partial charge >= 0.3 is 0 Å². The summed E-state index contributed by atoms with van der Waals surface area (Å²) in [6.45, 7) is 1.23. The first kappa shape index (κ1) is 19.6. The number of oxazole rings is 1. The molecule has 2 heterocycles. The van der Waals surface area contributed by atoms with E-state index in [1.807, 2.05) is 54.6 Å². The molecule has 4 aromatic rings. The minimum absolute atomic E-state index is 0.374. The Morgan fingerprint density at radius 3 is 2.50 bits per heavy atom. The van der Waals surface area contributed by atoms with Gasteiger partial charge in [-0.2, -0.15) is 15.0 Å². The first-order chi connectivity index (χ1) is 14.8. The highest BCUT2D eigenvalue weighted by Gasteiger charge is 2.03. The molecular formula is C24H24N4O2. The van der Waals surface area contributed by atoms with Gasteiger partial charge in [-0.3, -0.25) is 0 Å². The highest BCUT2D eigenvalue weighted by Crippen LogP contribution is 2.16. The van der Waals surface area contributed by atoms with Crippen molar-refractivity contribution >= 4 is 12.2 Å². The lowest BCUT2D eigenvalue weighted by Gasteiger charge is -2.06. The molecule has 0 atom stereocenters. The predicted molar refractivity (Wildman–Crippen MR) is 116 cm³/mol. The standard InChI is InChI=1S/C24H24N4O2/c1-2-6-20(7-3-1)11-14-24-27-22(19-30-24)18-29-23-12-9-21(10-13-23)8-4-5-17-28-25-15-16-26-28/h1-3,6-7,9-16,19H,4-5,8,17-18H2. The molecule has 6 nitrogen and oxygen atoms in total. The van der Waals surface area contributed by atoms with Gasteiger partial charge in [-0.25, -0.2) is 4.98 Å². The molecule has 0 spiro atoms. The van der Waals surface area contributed by atoms with E-state index in [0.717, 1.165) is 42.8 Å². The zero-order valence-electron chi connectivity index (χ0n) is 16.7. The Balaban J connectivity index is 1.20. The normalized spacial score (nSPS) is 11.2. The van der Waals surface area contributed by atoms with Crippen molar-refractivity contribution in [1.29, 1.82) is 0 Å². The molecule has 4 rings (SSSR count). The van der Waals surface area contributed by atoms with Gasteiger partial charge in [0.05, 0.1) is 18.9 Å². The van der Waals surface area contributed by atoms with E-state index in [0.29, 0.717) is 12.5 Å². The Kier molecular flexibility index (Phi) is 6.68. The first-order valence-electron chi connectivity index (χ1n) is 10.1. The molecular weight excluding hydrogens is 376 g/mol. The maximum absolute atomic E-state index is 5.83. The largest absolute Gasteiger partial charge is 0.487 e. The molecule has 6 heteroatoms. The van der Waals surface area contributed by atoms with Crippen LogP contribution in [0.5, 0.6) is 5.75 Å². The van der Waals surface area contributed by atoms with Crippen molar-refractivity contribution in [2.75, 3.05) is 0 Å². The van der Waals surface area contributed by atoms with E-state index in [1.54, 1.807) is 23.5 Å². The van der Waals surface area contributed by atoms with Crippen LogP contribution in [0, 0.1) is 0 Å². The maximum atomic E-state index is 5.83. The van der Waals surface area contributed by atoms with Crippen molar-refractivity contribution in [3.05, 3.63) is 96.0 Å².